The SMILES string of the molecule is C[C@@H]1CCCC[C@@H]1NC(=O)[C@@H](C)Sc1nnc(-c2cccnc2)n1C1CC1. The van der Waals surface area contributed by atoms with Gasteiger partial charge in [-0.1, -0.05) is 31.5 Å². The number of carbonyl (C=O) groups excluding carboxylic acids is 1. The van der Waals surface area contributed by atoms with Gasteiger partial charge in [-0.25, -0.2) is 0 Å². The molecule has 2 aliphatic carbocycles. The molecule has 0 spiro atoms. The Morgan fingerprint density at radius 3 is 2.78 bits per heavy atom. The molecular formula is C20H27N5OS. The van der Waals surface area contributed by atoms with Crippen LogP contribution in [0.25, 0.3) is 11.4 Å². The van der Waals surface area contributed by atoms with Gasteiger partial charge in [0.1, 0.15) is 0 Å². The number of carbonyl (C=O) groups is 1. The van der Waals surface area contributed by atoms with Gasteiger partial charge in [0.15, 0.2) is 11.0 Å². The van der Waals surface area contributed by atoms with E-state index in [0.29, 0.717) is 18.0 Å². The molecule has 0 bridgehead atoms. The summed E-state index contributed by atoms with van der Waals surface area (Å²) in [4.78, 5) is 16.9. The van der Waals surface area contributed by atoms with Gasteiger partial charge in [-0.3, -0.25) is 14.3 Å². The summed E-state index contributed by atoms with van der Waals surface area (Å²) in [5.41, 5.74) is 0.969. The molecule has 0 radical (unpaired) electrons. The van der Waals surface area contributed by atoms with Gasteiger partial charge >= 0.3 is 0 Å². The highest BCUT2D eigenvalue weighted by molar-refractivity contribution is 8.00. The van der Waals surface area contributed by atoms with E-state index in [1.54, 1.807) is 6.20 Å². The second-order valence-corrected chi connectivity index (χ2v) is 9.09. The van der Waals surface area contributed by atoms with E-state index in [2.05, 4.69) is 32.0 Å². The van der Waals surface area contributed by atoms with E-state index in [1.165, 1.54) is 31.0 Å². The van der Waals surface area contributed by atoms with Crippen molar-refractivity contribution in [1.82, 2.24) is 25.1 Å². The minimum Gasteiger partial charge on any atom is -0.352 e. The molecule has 144 valence electrons. The minimum absolute atomic E-state index is 0.104. The Kier molecular flexibility index (Phi) is 5.48. The fraction of sp³-hybridized carbons (Fsp3) is 0.600. The van der Waals surface area contributed by atoms with Crippen molar-refractivity contribution in [3.63, 3.8) is 0 Å². The first-order valence-corrected chi connectivity index (χ1v) is 10.8. The summed E-state index contributed by atoms with van der Waals surface area (Å²) in [6.07, 6.45) is 10.6. The van der Waals surface area contributed by atoms with Crippen LogP contribution < -0.4 is 5.32 Å². The largest absolute Gasteiger partial charge is 0.352 e. The average molecular weight is 386 g/mol. The summed E-state index contributed by atoms with van der Waals surface area (Å²) in [6.45, 7) is 4.20. The van der Waals surface area contributed by atoms with Crippen LogP contribution in [0, 0.1) is 5.92 Å². The average Bonchev–Trinajstić information content (AvgIpc) is 3.44. The zero-order chi connectivity index (χ0) is 18.8. The van der Waals surface area contributed by atoms with Crippen LogP contribution in [0.4, 0.5) is 0 Å². The molecule has 2 heterocycles. The zero-order valence-electron chi connectivity index (χ0n) is 16.0. The molecule has 2 aliphatic rings. The first-order valence-electron chi connectivity index (χ1n) is 9.96. The second-order valence-electron chi connectivity index (χ2n) is 7.79. The molecule has 2 fully saturated rings. The van der Waals surface area contributed by atoms with Gasteiger partial charge in [0, 0.05) is 30.0 Å². The molecule has 2 saturated carbocycles. The fourth-order valence-corrected chi connectivity index (χ4v) is 4.68. The molecule has 7 heteroatoms. The van der Waals surface area contributed by atoms with Gasteiger partial charge in [-0.15, -0.1) is 10.2 Å². The standard InChI is InChI=1S/C20H27N5OS/c1-13-6-3-4-8-17(13)22-19(26)14(2)27-20-24-23-18(25(20)16-9-10-16)15-7-5-11-21-12-15/h5,7,11-14,16-17H,3-4,6,8-10H2,1-2H3,(H,22,26)/t13-,14-,17+/m1/s1. The maximum Gasteiger partial charge on any atom is 0.233 e. The van der Waals surface area contributed by atoms with Crippen LogP contribution in [0.2, 0.25) is 0 Å². The van der Waals surface area contributed by atoms with Crippen LogP contribution in [0.1, 0.15) is 58.4 Å². The van der Waals surface area contributed by atoms with Gasteiger partial charge < -0.3 is 5.32 Å². The number of nitrogens with one attached hydrogen (secondary N) is 1. The third-order valence-electron chi connectivity index (χ3n) is 5.59. The number of nitrogens with zero attached hydrogens (tertiary/aromatic N) is 4. The summed E-state index contributed by atoms with van der Waals surface area (Å²) in [5.74, 6) is 1.51. The van der Waals surface area contributed by atoms with E-state index in [-0.39, 0.29) is 11.2 Å². The molecule has 0 saturated heterocycles. The molecule has 1 amide bonds. The third-order valence-corrected chi connectivity index (χ3v) is 6.64. The van der Waals surface area contributed by atoms with Crippen molar-refractivity contribution < 1.29 is 4.79 Å². The van der Waals surface area contributed by atoms with Crippen molar-refractivity contribution in [1.29, 1.82) is 0 Å². The predicted octanol–water partition coefficient (Wildman–Crippen LogP) is 3.85. The Balaban J connectivity index is 1.47. The van der Waals surface area contributed by atoms with E-state index in [1.807, 2.05) is 25.3 Å². The second kappa shape index (κ2) is 8.00. The molecule has 6 nitrogen and oxygen atoms in total. The van der Waals surface area contributed by atoms with Crippen LogP contribution in [0.5, 0.6) is 0 Å². The smallest absolute Gasteiger partial charge is 0.233 e. The van der Waals surface area contributed by atoms with Crippen molar-refractivity contribution >= 4 is 17.7 Å². The monoisotopic (exact) mass is 385 g/mol. The molecule has 3 atom stereocenters. The van der Waals surface area contributed by atoms with Gasteiger partial charge in [-0.05, 0) is 50.7 Å². The van der Waals surface area contributed by atoms with Crippen molar-refractivity contribution in [2.75, 3.05) is 0 Å². The molecule has 1 N–H and O–H groups in total. The fourth-order valence-electron chi connectivity index (χ4n) is 3.75. The quantitative estimate of drug-likeness (QED) is 0.765. The number of amides is 1. The van der Waals surface area contributed by atoms with Crippen molar-refractivity contribution in [2.24, 2.45) is 5.92 Å². The summed E-state index contributed by atoms with van der Waals surface area (Å²) in [6, 6.07) is 4.66. The highest BCUT2D eigenvalue weighted by atomic mass is 32.2. The predicted molar refractivity (Wildman–Crippen MR) is 106 cm³/mol. The maximum absolute atomic E-state index is 12.7. The lowest BCUT2D eigenvalue weighted by molar-refractivity contribution is -0.121. The Hall–Kier alpha value is -1.89. The van der Waals surface area contributed by atoms with Crippen molar-refractivity contribution in [2.45, 2.75) is 74.9 Å². The maximum atomic E-state index is 12.7. The van der Waals surface area contributed by atoms with Crippen LogP contribution in [0.15, 0.2) is 29.7 Å². The van der Waals surface area contributed by atoms with Crippen LogP contribution >= 0.6 is 11.8 Å². The van der Waals surface area contributed by atoms with Crippen molar-refractivity contribution in [3.8, 4) is 11.4 Å². The van der Waals surface area contributed by atoms with E-state index in [9.17, 15) is 4.79 Å². The van der Waals surface area contributed by atoms with E-state index < -0.39 is 0 Å². The zero-order valence-corrected chi connectivity index (χ0v) is 16.8. The number of hydrogen-bond donors (Lipinski definition) is 1. The summed E-state index contributed by atoms with van der Waals surface area (Å²) in [7, 11) is 0. The van der Waals surface area contributed by atoms with Gasteiger partial charge in [0.25, 0.3) is 0 Å². The Morgan fingerprint density at radius 1 is 1.26 bits per heavy atom. The first kappa shape index (κ1) is 18.5. The lowest BCUT2D eigenvalue weighted by atomic mass is 9.86. The van der Waals surface area contributed by atoms with Gasteiger partial charge in [0.2, 0.25) is 5.91 Å². The summed E-state index contributed by atoms with van der Waals surface area (Å²) < 4.78 is 2.19. The molecule has 2 aromatic rings. The third kappa shape index (κ3) is 4.18. The highest BCUT2D eigenvalue weighted by Gasteiger charge is 2.32. The molecule has 0 unspecified atom stereocenters. The number of pyridine rings is 1. The van der Waals surface area contributed by atoms with E-state index in [0.717, 1.165) is 35.8 Å². The molecule has 0 aliphatic heterocycles. The first-order chi connectivity index (χ1) is 13.1. The molecule has 0 aromatic carbocycles. The Bertz CT molecular complexity index is 789. The highest BCUT2D eigenvalue weighted by Crippen LogP contribution is 2.41. The number of aromatic nitrogens is 4. The van der Waals surface area contributed by atoms with Crippen LogP contribution in [-0.2, 0) is 4.79 Å². The number of thioether (sulfide) groups is 1. The lowest BCUT2D eigenvalue weighted by Gasteiger charge is -2.30. The number of hydrogen-bond acceptors (Lipinski definition) is 5. The summed E-state index contributed by atoms with van der Waals surface area (Å²) in [5, 5.41) is 12.7. The molecule has 2 aromatic heterocycles. The van der Waals surface area contributed by atoms with E-state index in [4.69, 9.17) is 0 Å². The molecule has 27 heavy (non-hydrogen) atoms. The number of rotatable bonds is 6. The van der Waals surface area contributed by atoms with Crippen molar-refractivity contribution in [3.05, 3.63) is 24.5 Å². The van der Waals surface area contributed by atoms with Gasteiger partial charge in [0.05, 0.1) is 5.25 Å². The lowest BCUT2D eigenvalue weighted by Crippen LogP contribution is -2.44. The Labute approximate surface area is 164 Å². The normalized spacial score (nSPS) is 23.8. The van der Waals surface area contributed by atoms with Gasteiger partial charge in [-0.2, -0.15) is 0 Å². The Morgan fingerprint density at radius 2 is 2.07 bits per heavy atom. The van der Waals surface area contributed by atoms with Crippen LogP contribution in [0.3, 0.4) is 0 Å². The summed E-state index contributed by atoms with van der Waals surface area (Å²) >= 11 is 1.51. The minimum atomic E-state index is -0.192. The topological polar surface area (TPSA) is 72.7 Å². The van der Waals surface area contributed by atoms with E-state index >= 15 is 0 Å². The molecular weight excluding hydrogens is 358 g/mol. The van der Waals surface area contributed by atoms with Crippen LogP contribution in [-0.4, -0.2) is 36.9 Å². The molecule has 4 rings (SSSR count).